The summed E-state index contributed by atoms with van der Waals surface area (Å²) in [6.45, 7) is 2.51. The lowest BCUT2D eigenvalue weighted by Crippen LogP contribution is -2.04. The van der Waals surface area contributed by atoms with Crippen LogP contribution in [0, 0.1) is 10.1 Å². The van der Waals surface area contributed by atoms with Crippen molar-refractivity contribution in [1.29, 1.82) is 0 Å². The molecule has 0 saturated heterocycles. The van der Waals surface area contributed by atoms with Crippen molar-refractivity contribution in [2.75, 3.05) is 6.61 Å². The Bertz CT molecular complexity index is 970. The number of fused-ring (bicyclic) bond motifs is 1. The molecule has 0 fully saturated rings. The highest BCUT2D eigenvalue weighted by Gasteiger charge is 2.09. The molecule has 0 spiro atoms. The Balaban J connectivity index is 2.06. The standard InChI is InChI=1S/C19H17BN2O3/c1-2-25-19-10-7-13-5-3-4-6-15(13)16(19)12-21-18-9-8-14(22(23)24)11-17(18)20/h3-12H,2,20H2,1H3/b21-12+. The fourth-order valence-electron chi connectivity index (χ4n) is 2.72. The van der Waals surface area contributed by atoms with Crippen LogP contribution in [0.1, 0.15) is 12.5 Å². The molecule has 0 aliphatic carbocycles. The van der Waals surface area contributed by atoms with Gasteiger partial charge in [-0.05, 0) is 29.8 Å². The Morgan fingerprint density at radius 3 is 2.72 bits per heavy atom. The van der Waals surface area contributed by atoms with Crippen molar-refractivity contribution in [2.24, 2.45) is 4.99 Å². The van der Waals surface area contributed by atoms with E-state index in [-0.39, 0.29) is 5.69 Å². The van der Waals surface area contributed by atoms with Crippen LogP contribution in [0.25, 0.3) is 10.8 Å². The highest BCUT2D eigenvalue weighted by Crippen LogP contribution is 2.27. The lowest BCUT2D eigenvalue weighted by molar-refractivity contribution is -0.384. The highest BCUT2D eigenvalue weighted by atomic mass is 16.6. The Labute approximate surface area is 146 Å². The first kappa shape index (κ1) is 16.7. The number of ether oxygens (including phenoxy) is 1. The van der Waals surface area contributed by atoms with Crippen LogP contribution < -0.4 is 10.2 Å². The van der Waals surface area contributed by atoms with Crippen molar-refractivity contribution in [2.45, 2.75) is 6.92 Å². The summed E-state index contributed by atoms with van der Waals surface area (Å²) in [5, 5.41) is 13.0. The predicted molar refractivity (Wildman–Crippen MR) is 104 cm³/mol. The third kappa shape index (κ3) is 3.53. The van der Waals surface area contributed by atoms with E-state index in [1.165, 1.54) is 12.1 Å². The quantitative estimate of drug-likeness (QED) is 0.312. The van der Waals surface area contributed by atoms with E-state index in [2.05, 4.69) is 4.99 Å². The second-order valence-corrected chi connectivity index (χ2v) is 5.62. The number of non-ortho nitro benzene ring substituents is 1. The first-order chi connectivity index (χ1) is 12.1. The van der Waals surface area contributed by atoms with Gasteiger partial charge in [0.05, 0.1) is 17.2 Å². The molecule has 0 N–H and O–H groups in total. The first-order valence-electron chi connectivity index (χ1n) is 8.04. The molecule has 3 aromatic rings. The maximum atomic E-state index is 10.9. The molecule has 0 radical (unpaired) electrons. The van der Waals surface area contributed by atoms with Gasteiger partial charge in [-0.25, -0.2) is 0 Å². The molecule has 3 aromatic carbocycles. The molecular formula is C19H17BN2O3. The topological polar surface area (TPSA) is 64.7 Å². The van der Waals surface area contributed by atoms with Crippen LogP contribution in [-0.4, -0.2) is 25.6 Å². The maximum absolute atomic E-state index is 10.9. The molecule has 124 valence electrons. The predicted octanol–water partition coefficient (Wildman–Crippen LogP) is 3.16. The number of nitrogens with zero attached hydrogens (tertiary/aromatic N) is 2. The first-order valence-corrected chi connectivity index (χ1v) is 8.04. The van der Waals surface area contributed by atoms with Gasteiger partial charge in [0.15, 0.2) is 0 Å². The molecule has 0 aliphatic rings. The van der Waals surface area contributed by atoms with Crippen molar-refractivity contribution in [1.82, 2.24) is 0 Å². The largest absolute Gasteiger partial charge is 0.493 e. The summed E-state index contributed by atoms with van der Waals surface area (Å²) in [6, 6.07) is 16.7. The summed E-state index contributed by atoms with van der Waals surface area (Å²) < 4.78 is 5.73. The summed E-state index contributed by atoms with van der Waals surface area (Å²) in [6.07, 6.45) is 1.77. The van der Waals surface area contributed by atoms with Gasteiger partial charge in [0.2, 0.25) is 0 Å². The van der Waals surface area contributed by atoms with Gasteiger partial charge in [-0.1, -0.05) is 35.8 Å². The van der Waals surface area contributed by atoms with E-state index in [1.54, 1.807) is 12.3 Å². The number of hydrogen-bond donors (Lipinski definition) is 0. The molecule has 0 bridgehead atoms. The van der Waals surface area contributed by atoms with Crippen LogP contribution in [0.4, 0.5) is 11.4 Å². The van der Waals surface area contributed by atoms with Crippen LogP contribution in [0.3, 0.4) is 0 Å². The Morgan fingerprint density at radius 1 is 1.20 bits per heavy atom. The molecule has 25 heavy (non-hydrogen) atoms. The molecule has 0 amide bonds. The van der Waals surface area contributed by atoms with Gasteiger partial charge in [0.1, 0.15) is 13.6 Å². The smallest absolute Gasteiger partial charge is 0.269 e. The summed E-state index contributed by atoms with van der Waals surface area (Å²) in [5.74, 6) is 0.768. The van der Waals surface area contributed by atoms with Gasteiger partial charge < -0.3 is 4.74 Å². The van der Waals surface area contributed by atoms with E-state index in [9.17, 15) is 10.1 Å². The van der Waals surface area contributed by atoms with E-state index < -0.39 is 4.92 Å². The van der Waals surface area contributed by atoms with Gasteiger partial charge in [-0.2, -0.15) is 0 Å². The molecule has 0 aromatic heterocycles. The van der Waals surface area contributed by atoms with Crippen LogP contribution in [-0.2, 0) is 0 Å². The molecule has 0 atom stereocenters. The zero-order valence-electron chi connectivity index (χ0n) is 14.1. The van der Waals surface area contributed by atoms with Crippen molar-refractivity contribution < 1.29 is 9.66 Å². The minimum absolute atomic E-state index is 0.0663. The third-order valence-electron chi connectivity index (χ3n) is 3.95. The van der Waals surface area contributed by atoms with Crippen molar-refractivity contribution in [3.05, 3.63) is 70.3 Å². The Morgan fingerprint density at radius 2 is 2.00 bits per heavy atom. The van der Waals surface area contributed by atoms with Gasteiger partial charge >= 0.3 is 0 Å². The molecule has 0 unspecified atom stereocenters. The molecular weight excluding hydrogens is 315 g/mol. The van der Waals surface area contributed by atoms with Crippen LogP contribution in [0.15, 0.2) is 59.6 Å². The Hall–Kier alpha value is -3.15. The fraction of sp³-hybridized carbons (Fsp3) is 0.105. The molecule has 0 aliphatic heterocycles. The van der Waals surface area contributed by atoms with E-state index in [1.807, 2.05) is 51.2 Å². The molecule has 0 saturated carbocycles. The molecule has 0 heterocycles. The lowest BCUT2D eigenvalue weighted by Gasteiger charge is -2.10. The number of nitro groups is 1. The second-order valence-electron chi connectivity index (χ2n) is 5.62. The second kappa shape index (κ2) is 7.17. The molecule has 3 rings (SSSR count). The fourth-order valence-corrected chi connectivity index (χ4v) is 2.72. The Kier molecular flexibility index (Phi) is 4.79. The number of hydrogen-bond acceptors (Lipinski definition) is 4. The van der Waals surface area contributed by atoms with E-state index >= 15 is 0 Å². The van der Waals surface area contributed by atoms with Crippen molar-refractivity contribution in [3.63, 3.8) is 0 Å². The monoisotopic (exact) mass is 332 g/mol. The zero-order valence-corrected chi connectivity index (χ0v) is 14.1. The van der Waals surface area contributed by atoms with Crippen molar-refractivity contribution in [3.8, 4) is 5.75 Å². The zero-order chi connectivity index (χ0) is 17.8. The third-order valence-corrected chi connectivity index (χ3v) is 3.95. The number of rotatable bonds is 5. The maximum Gasteiger partial charge on any atom is 0.269 e. The van der Waals surface area contributed by atoms with Crippen LogP contribution in [0.5, 0.6) is 5.75 Å². The highest BCUT2D eigenvalue weighted by molar-refractivity contribution is 6.36. The van der Waals surface area contributed by atoms with Gasteiger partial charge in [-0.3, -0.25) is 15.1 Å². The van der Waals surface area contributed by atoms with Gasteiger partial charge in [0.25, 0.3) is 5.69 Å². The van der Waals surface area contributed by atoms with Crippen molar-refractivity contribution >= 4 is 41.7 Å². The van der Waals surface area contributed by atoms with E-state index in [4.69, 9.17) is 4.74 Å². The number of aliphatic imine (C=N–C) groups is 1. The SMILES string of the molecule is Bc1cc([N+](=O)[O-])ccc1/N=C/c1c(OCC)ccc2ccccc12. The van der Waals surface area contributed by atoms with Crippen LogP contribution >= 0.6 is 0 Å². The van der Waals surface area contributed by atoms with Gasteiger partial charge in [-0.15, -0.1) is 0 Å². The summed E-state index contributed by atoms with van der Waals surface area (Å²) in [4.78, 5) is 15.0. The number of benzene rings is 3. The summed E-state index contributed by atoms with van der Waals surface area (Å²) in [7, 11) is 1.81. The van der Waals surface area contributed by atoms with E-state index in [0.29, 0.717) is 12.3 Å². The average molecular weight is 332 g/mol. The van der Waals surface area contributed by atoms with Gasteiger partial charge in [0, 0.05) is 23.9 Å². The normalized spacial score (nSPS) is 11.1. The summed E-state index contributed by atoms with van der Waals surface area (Å²) in [5.41, 5.74) is 2.42. The lowest BCUT2D eigenvalue weighted by atomic mass is 9.93. The minimum atomic E-state index is -0.404. The number of nitro benzene ring substituents is 1. The molecule has 6 heteroatoms. The minimum Gasteiger partial charge on any atom is -0.493 e. The van der Waals surface area contributed by atoms with Crippen LogP contribution in [0.2, 0.25) is 0 Å². The summed E-state index contributed by atoms with van der Waals surface area (Å²) >= 11 is 0. The average Bonchev–Trinajstić information content (AvgIpc) is 2.61. The molecule has 5 nitrogen and oxygen atoms in total. The van der Waals surface area contributed by atoms with E-state index in [0.717, 1.165) is 27.5 Å².